The highest BCUT2D eigenvalue weighted by atomic mass is 32.2. The van der Waals surface area contributed by atoms with Gasteiger partial charge in [0.05, 0.1) is 0 Å². The highest BCUT2D eigenvalue weighted by Gasteiger charge is 2.21. The maximum absolute atomic E-state index is 11.8. The van der Waals surface area contributed by atoms with Crippen molar-refractivity contribution < 1.29 is 4.79 Å². The molecule has 0 atom stereocenters. The molecule has 86 valence electrons. The molecule has 2 fully saturated rings. The van der Waals surface area contributed by atoms with Gasteiger partial charge in [-0.2, -0.15) is 11.8 Å². The van der Waals surface area contributed by atoms with E-state index in [-0.39, 0.29) is 0 Å². The summed E-state index contributed by atoms with van der Waals surface area (Å²) in [5.41, 5.74) is 0. The molecule has 0 unspecified atom stereocenters. The molecule has 0 N–H and O–H groups in total. The number of piperidine rings is 1. The van der Waals surface area contributed by atoms with Crippen molar-refractivity contribution >= 4 is 17.7 Å². The number of carbonyl (C=O) groups excluding carboxylic acids is 1. The van der Waals surface area contributed by atoms with E-state index in [9.17, 15) is 4.79 Å². The van der Waals surface area contributed by atoms with Crippen LogP contribution in [0.2, 0.25) is 0 Å². The Hall–Kier alpha value is -0.180. The Morgan fingerprint density at radius 1 is 1.20 bits per heavy atom. The molecule has 15 heavy (non-hydrogen) atoms. The van der Waals surface area contributed by atoms with Gasteiger partial charge >= 0.3 is 0 Å². The second kappa shape index (κ2) is 5.78. The van der Waals surface area contributed by atoms with E-state index < -0.39 is 0 Å². The first kappa shape index (κ1) is 11.3. The molecule has 1 heterocycles. The summed E-state index contributed by atoms with van der Waals surface area (Å²) in [5, 5.41) is 0. The Labute approximate surface area is 96.8 Å². The van der Waals surface area contributed by atoms with Crippen LogP contribution in [0.5, 0.6) is 0 Å². The number of likely N-dealkylation sites (tertiary alicyclic amines) is 1. The fraction of sp³-hybridized carbons (Fsp3) is 0.917. The number of rotatable bonds is 5. The molecule has 0 aromatic carbocycles. The molecule has 0 aromatic rings. The minimum Gasteiger partial charge on any atom is -0.343 e. The largest absolute Gasteiger partial charge is 0.343 e. The van der Waals surface area contributed by atoms with Gasteiger partial charge < -0.3 is 4.90 Å². The topological polar surface area (TPSA) is 20.3 Å². The van der Waals surface area contributed by atoms with Gasteiger partial charge in [0.1, 0.15) is 0 Å². The molecular weight excluding hydrogens is 206 g/mol. The molecule has 0 aromatic heterocycles. The molecule has 1 saturated heterocycles. The van der Waals surface area contributed by atoms with Gasteiger partial charge in [-0.3, -0.25) is 4.79 Å². The highest BCUT2D eigenvalue weighted by molar-refractivity contribution is 7.99. The number of carbonyl (C=O) groups is 1. The predicted octanol–water partition coefficient (Wildman–Crippen LogP) is 2.53. The van der Waals surface area contributed by atoms with E-state index in [0.29, 0.717) is 5.91 Å². The quantitative estimate of drug-likeness (QED) is 0.673. The highest BCUT2D eigenvalue weighted by Crippen LogP contribution is 2.32. The van der Waals surface area contributed by atoms with Gasteiger partial charge in [-0.1, -0.05) is 0 Å². The van der Waals surface area contributed by atoms with Gasteiger partial charge in [-0.05, 0) is 43.8 Å². The van der Waals surface area contributed by atoms with Crippen molar-refractivity contribution in [3.05, 3.63) is 0 Å². The van der Waals surface area contributed by atoms with Gasteiger partial charge in [0.2, 0.25) is 5.91 Å². The van der Waals surface area contributed by atoms with E-state index in [4.69, 9.17) is 0 Å². The molecule has 0 spiro atoms. The number of hydrogen-bond donors (Lipinski definition) is 0. The SMILES string of the molecule is O=C(CCSCC1CC1)N1CCCCC1. The fourth-order valence-electron chi connectivity index (χ4n) is 2.00. The zero-order valence-electron chi connectivity index (χ0n) is 9.41. The Balaban J connectivity index is 1.54. The molecule has 0 radical (unpaired) electrons. The van der Waals surface area contributed by atoms with Crippen LogP contribution in [-0.4, -0.2) is 35.4 Å². The van der Waals surface area contributed by atoms with E-state index in [1.165, 1.54) is 37.9 Å². The van der Waals surface area contributed by atoms with Gasteiger partial charge in [-0.15, -0.1) is 0 Å². The van der Waals surface area contributed by atoms with Crippen molar-refractivity contribution in [3.63, 3.8) is 0 Å². The summed E-state index contributed by atoms with van der Waals surface area (Å²) < 4.78 is 0. The van der Waals surface area contributed by atoms with Crippen molar-refractivity contribution in [3.8, 4) is 0 Å². The smallest absolute Gasteiger partial charge is 0.223 e. The second-order valence-electron chi connectivity index (χ2n) is 4.71. The first-order valence-corrected chi connectivity index (χ1v) is 7.37. The summed E-state index contributed by atoms with van der Waals surface area (Å²) in [5.74, 6) is 3.69. The van der Waals surface area contributed by atoms with Crippen molar-refractivity contribution in [1.82, 2.24) is 4.90 Å². The second-order valence-corrected chi connectivity index (χ2v) is 5.86. The summed E-state index contributed by atoms with van der Waals surface area (Å²) in [6, 6.07) is 0. The lowest BCUT2D eigenvalue weighted by atomic mass is 10.1. The average molecular weight is 227 g/mol. The standard InChI is InChI=1S/C12H21NOS/c14-12(13-7-2-1-3-8-13)6-9-15-10-11-4-5-11/h11H,1-10H2. The summed E-state index contributed by atoms with van der Waals surface area (Å²) in [7, 11) is 0. The van der Waals surface area contributed by atoms with Crippen molar-refractivity contribution in [2.24, 2.45) is 5.92 Å². The van der Waals surface area contributed by atoms with E-state index in [1.54, 1.807) is 0 Å². The van der Waals surface area contributed by atoms with Gasteiger partial charge in [0, 0.05) is 25.3 Å². The minimum absolute atomic E-state index is 0.387. The Morgan fingerprint density at radius 2 is 1.93 bits per heavy atom. The lowest BCUT2D eigenvalue weighted by Gasteiger charge is -2.26. The van der Waals surface area contributed by atoms with E-state index in [2.05, 4.69) is 4.90 Å². The van der Waals surface area contributed by atoms with Crippen molar-refractivity contribution in [1.29, 1.82) is 0 Å². The number of thioether (sulfide) groups is 1. The Morgan fingerprint density at radius 3 is 2.60 bits per heavy atom. The van der Waals surface area contributed by atoms with Gasteiger partial charge in [0.25, 0.3) is 0 Å². The molecule has 2 aliphatic rings. The monoisotopic (exact) mass is 227 g/mol. The number of nitrogens with zero attached hydrogens (tertiary/aromatic N) is 1. The summed E-state index contributed by atoms with van der Waals surface area (Å²) in [6.45, 7) is 2.01. The molecule has 2 rings (SSSR count). The van der Waals surface area contributed by atoms with Gasteiger partial charge in [0.15, 0.2) is 0 Å². The van der Waals surface area contributed by atoms with E-state index >= 15 is 0 Å². The summed E-state index contributed by atoms with van der Waals surface area (Å²) >= 11 is 1.97. The third-order valence-electron chi connectivity index (χ3n) is 3.22. The summed E-state index contributed by atoms with van der Waals surface area (Å²) in [6.07, 6.45) is 7.33. The lowest BCUT2D eigenvalue weighted by molar-refractivity contribution is -0.131. The van der Waals surface area contributed by atoms with Gasteiger partial charge in [-0.25, -0.2) is 0 Å². The van der Waals surface area contributed by atoms with Crippen molar-refractivity contribution in [2.75, 3.05) is 24.6 Å². The third-order valence-corrected chi connectivity index (χ3v) is 4.42. The zero-order chi connectivity index (χ0) is 10.5. The molecule has 1 saturated carbocycles. The maximum atomic E-state index is 11.8. The Bertz CT molecular complexity index is 210. The fourth-order valence-corrected chi connectivity index (χ4v) is 3.15. The molecular formula is C12H21NOS. The van der Waals surface area contributed by atoms with Crippen LogP contribution in [0.15, 0.2) is 0 Å². The van der Waals surface area contributed by atoms with E-state index in [1.807, 2.05) is 11.8 Å². The number of amides is 1. The van der Waals surface area contributed by atoms with Crippen LogP contribution in [0.3, 0.4) is 0 Å². The number of hydrogen-bond acceptors (Lipinski definition) is 2. The Kier molecular flexibility index (Phi) is 4.36. The van der Waals surface area contributed by atoms with Crippen LogP contribution in [0.25, 0.3) is 0 Å². The predicted molar refractivity (Wildman–Crippen MR) is 65.1 cm³/mol. The molecule has 3 heteroatoms. The first-order valence-electron chi connectivity index (χ1n) is 6.22. The molecule has 0 bridgehead atoms. The summed E-state index contributed by atoms with van der Waals surface area (Å²) in [4.78, 5) is 13.8. The zero-order valence-corrected chi connectivity index (χ0v) is 10.2. The molecule has 1 aliphatic heterocycles. The van der Waals surface area contributed by atoms with Crippen LogP contribution in [0.4, 0.5) is 0 Å². The molecule has 1 aliphatic carbocycles. The average Bonchev–Trinajstić information content (AvgIpc) is 3.09. The lowest BCUT2D eigenvalue weighted by Crippen LogP contribution is -2.35. The van der Waals surface area contributed by atoms with Crippen LogP contribution >= 0.6 is 11.8 Å². The van der Waals surface area contributed by atoms with Crippen LogP contribution in [-0.2, 0) is 4.79 Å². The maximum Gasteiger partial charge on any atom is 0.223 e. The third kappa shape index (κ3) is 4.06. The normalized spacial score (nSPS) is 21.7. The minimum atomic E-state index is 0.387. The van der Waals surface area contributed by atoms with E-state index in [0.717, 1.165) is 31.2 Å². The van der Waals surface area contributed by atoms with Crippen LogP contribution in [0.1, 0.15) is 38.5 Å². The molecule has 1 amide bonds. The van der Waals surface area contributed by atoms with Crippen molar-refractivity contribution in [2.45, 2.75) is 38.5 Å². The first-order chi connectivity index (χ1) is 7.36. The molecule has 2 nitrogen and oxygen atoms in total. The van der Waals surface area contributed by atoms with Crippen LogP contribution in [0, 0.1) is 5.92 Å². The van der Waals surface area contributed by atoms with Crippen LogP contribution < -0.4 is 0 Å².